The number of hydrogen-bond acceptors (Lipinski definition) is 5. The minimum absolute atomic E-state index is 0.149. The summed E-state index contributed by atoms with van der Waals surface area (Å²) in [4.78, 5) is 9.63. The van der Waals surface area contributed by atoms with Crippen molar-refractivity contribution in [3.63, 3.8) is 0 Å². The molecular weight excluding hydrogens is 348 g/mol. The molecule has 1 saturated heterocycles. The quantitative estimate of drug-likeness (QED) is 0.622. The molecule has 0 bridgehead atoms. The first-order valence-corrected chi connectivity index (χ1v) is 10.2. The highest BCUT2D eigenvalue weighted by Gasteiger charge is 2.25. The smallest absolute Gasteiger partial charge is 0.244 e. The minimum Gasteiger partial charge on any atom is -0.337 e. The van der Waals surface area contributed by atoms with Crippen molar-refractivity contribution in [2.45, 2.75) is 25.8 Å². The average Bonchev–Trinajstić information content (AvgIpc) is 3.25. The van der Waals surface area contributed by atoms with Crippen LogP contribution in [-0.2, 0) is 6.42 Å². The van der Waals surface area contributed by atoms with Crippen LogP contribution in [0, 0.1) is 0 Å². The zero-order chi connectivity index (χ0) is 19.2. The second kappa shape index (κ2) is 9.13. The first kappa shape index (κ1) is 18.8. The van der Waals surface area contributed by atoms with Gasteiger partial charge in [-0.2, -0.15) is 4.98 Å². The van der Waals surface area contributed by atoms with E-state index in [-0.39, 0.29) is 6.04 Å². The van der Waals surface area contributed by atoms with Crippen LogP contribution in [0.2, 0.25) is 0 Å². The number of hydrogen-bond donors (Lipinski definition) is 0. The van der Waals surface area contributed by atoms with Crippen LogP contribution in [0.4, 0.5) is 0 Å². The van der Waals surface area contributed by atoms with Crippen molar-refractivity contribution in [1.82, 2.24) is 19.9 Å². The molecule has 1 aliphatic heterocycles. The third-order valence-corrected chi connectivity index (χ3v) is 5.57. The number of nitrogens with zero attached hydrogens (tertiary/aromatic N) is 4. The zero-order valence-corrected chi connectivity index (χ0v) is 16.5. The first-order valence-electron chi connectivity index (χ1n) is 10.2. The van der Waals surface area contributed by atoms with E-state index in [9.17, 15) is 0 Å². The molecule has 146 valence electrons. The molecule has 3 aromatic rings. The van der Waals surface area contributed by atoms with Crippen molar-refractivity contribution in [2.75, 3.05) is 32.7 Å². The van der Waals surface area contributed by atoms with Gasteiger partial charge in [-0.15, -0.1) is 0 Å². The Morgan fingerprint density at radius 1 is 0.929 bits per heavy atom. The summed E-state index contributed by atoms with van der Waals surface area (Å²) in [6.45, 7) is 7.59. The van der Waals surface area contributed by atoms with E-state index in [1.807, 2.05) is 30.3 Å². The average molecular weight is 377 g/mol. The van der Waals surface area contributed by atoms with Crippen LogP contribution in [0.1, 0.15) is 30.8 Å². The molecule has 0 radical (unpaired) electrons. The van der Waals surface area contributed by atoms with E-state index in [2.05, 4.69) is 57.2 Å². The van der Waals surface area contributed by atoms with Crippen LogP contribution in [0.5, 0.6) is 0 Å². The van der Waals surface area contributed by atoms with Crippen LogP contribution < -0.4 is 0 Å². The summed E-state index contributed by atoms with van der Waals surface area (Å²) in [6, 6.07) is 20.9. The van der Waals surface area contributed by atoms with Gasteiger partial charge >= 0.3 is 0 Å². The topological polar surface area (TPSA) is 45.4 Å². The fourth-order valence-corrected chi connectivity index (χ4v) is 3.79. The third-order valence-electron chi connectivity index (χ3n) is 5.57. The van der Waals surface area contributed by atoms with Crippen LogP contribution in [0.3, 0.4) is 0 Å². The fraction of sp³-hybridized carbons (Fsp3) is 0.391. The molecule has 28 heavy (non-hydrogen) atoms. The lowest BCUT2D eigenvalue weighted by molar-refractivity contribution is 0.0878. The van der Waals surface area contributed by atoms with Crippen LogP contribution in [-0.4, -0.2) is 52.7 Å². The third kappa shape index (κ3) is 4.66. The van der Waals surface area contributed by atoms with E-state index in [0.29, 0.717) is 11.7 Å². The molecule has 1 atom stereocenters. The molecule has 2 aromatic carbocycles. The summed E-state index contributed by atoms with van der Waals surface area (Å²) >= 11 is 0. The molecule has 2 heterocycles. The van der Waals surface area contributed by atoms with Crippen LogP contribution >= 0.6 is 0 Å². The van der Waals surface area contributed by atoms with E-state index >= 15 is 0 Å². The van der Waals surface area contributed by atoms with Crippen molar-refractivity contribution in [2.24, 2.45) is 0 Å². The van der Waals surface area contributed by atoms with Gasteiger partial charge in [-0.1, -0.05) is 65.8 Å². The standard InChI is InChI=1S/C23H28N4O/c1-19(23-24-22(25-28-23)21-12-6-3-7-13-21)27-17-15-26(16-18-27)14-8-11-20-9-4-2-5-10-20/h2-7,9-10,12-13,19H,8,11,14-18H2,1H3. The van der Waals surface area contributed by atoms with Crippen LogP contribution in [0.15, 0.2) is 65.2 Å². The normalized spacial score (nSPS) is 16.9. The Morgan fingerprint density at radius 3 is 2.32 bits per heavy atom. The van der Waals surface area contributed by atoms with Gasteiger partial charge in [-0.3, -0.25) is 4.90 Å². The molecule has 0 N–H and O–H groups in total. The van der Waals surface area contributed by atoms with E-state index < -0.39 is 0 Å². The number of piperazine rings is 1. The Kier molecular flexibility index (Phi) is 6.14. The van der Waals surface area contributed by atoms with E-state index in [1.165, 1.54) is 12.0 Å². The highest BCUT2D eigenvalue weighted by atomic mass is 16.5. The molecule has 1 aliphatic rings. The summed E-state index contributed by atoms with van der Waals surface area (Å²) in [7, 11) is 0. The molecule has 1 fully saturated rings. The SMILES string of the molecule is CC(c1nc(-c2ccccc2)no1)N1CCN(CCCc2ccccc2)CC1. The molecule has 0 spiro atoms. The molecule has 0 amide bonds. The van der Waals surface area contributed by atoms with Crippen molar-refractivity contribution in [3.05, 3.63) is 72.1 Å². The van der Waals surface area contributed by atoms with Gasteiger partial charge in [0.2, 0.25) is 11.7 Å². The van der Waals surface area contributed by atoms with Crippen LogP contribution in [0.25, 0.3) is 11.4 Å². The monoisotopic (exact) mass is 376 g/mol. The zero-order valence-electron chi connectivity index (χ0n) is 16.5. The molecular formula is C23H28N4O. The maximum Gasteiger partial charge on any atom is 0.244 e. The van der Waals surface area contributed by atoms with Crippen molar-refractivity contribution in [1.29, 1.82) is 0 Å². The Balaban J connectivity index is 1.25. The van der Waals surface area contributed by atoms with Gasteiger partial charge in [0.05, 0.1) is 6.04 Å². The lowest BCUT2D eigenvalue weighted by Gasteiger charge is -2.36. The van der Waals surface area contributed by atoms with Gasteiger partial charge < -0.3 is 9.42 Å². The van der Waals surface area contributed by atoms with Gasteiger partial charge in [0.15, 0.2) is 0 Å². The van der Waals surface area contributed by atoms with Crippen molar-refractivity contribution < 1.29 is 4.52 Å². The molecule has 0 aliphatic carbocycles. The lowest BCUT2D eigenvalue weighted by Crippen LogP contribution is -2.47. The van der Waals surface area contributed by atoms with Gasteiger partial charge in [0.1, 0.15) is 0 Å². The van der Waals surface area contributed by atoms with Gasteiger partial charge in [-0.25, -0.2) is 0 Å². The summed E-state index contributed by atoms with van der Waals surface area (Å²) in [5.41, 5.74) is 2.42. The molecule has 5 heteroatoms. The van der Waals surface area contributed by atoms with Gasteiger partial charge in [0, 0.05) is 31.7 Å². The maximum absolute atomic E-state index is 5.56. The maximum atomic E-state index is 5.56. The largest absolute Gasteiger partial charge is 0.337 e. The molecule has 4 rings (SSSR count). The van der Waals surface area contributed by atoms with E-state index in [4.69, 9.17) is 4.52 Å². The van der Waals surface area contributed by atoms with Crippen molar-refractivity contribution in [3.8, 4) is 11.4 Å². The molecule has 1 unspecified atom stereocenters. The highest BCUT2D eigenvalue weighted by molar-refractivity contribution is 5.53. The van der Waals surface area contributed by atoms with E-state index in [1.54, 1.807) is 0 Å². The van der Waals surface area contributed by atoms with Gasteiger partial charge in [-0.05, 0) is 31.9 Å². The molecule has 1 aromatic heterocycles. The molecule has 5 nitrogen and oxygen atoms in total. The Labute approximate surface area is 167 Å². The Hall–Kier alpha value is -2.50. The number of aryl methyl sites for hydroxylation is 1. The predicted molar refractivity (Wildman–Crippen MR) is 111 cm³/mol. The number of rotatable bonds is 7. The second-order valence-electron chi connectivity index (χ2n) is 7.46. The summed E-state index contributed by atoms with van der Waals surface area (Å²) in [6.07, 6.45) is 2.37. The number of aromatic nitrogens is 2. The predicted octanol–water partition coefficient (Wildman–Crippen LogP) is 4.05. The van der Waals surface area contributed by atoms with Crippen molar-refractivity contribution >= 4 is 0 Å². The molecule has 0 saturated carbocycles. The van der Waals surface area contributed by atoms with E-state index in [0.717, 1.165) is 44.7 Å². The first-order chi connectivity index (χ1) is 13.8. The second-order valence-corrected chi connectivity index (χ2v) is 7.46. The number of benzene rings is 2. The summed E-state index contributed by atoms with van der Waals surface area (Å²) in [5, 5.41) is 4.16. The fourth-order valence-electron chi connectivity index (χ4n) is 3.79. The lowest BCUT2D eigenvalue weighted by atomic mass is 10.1. The Morgan fingerprint density at radius 2 is 1.61 bits per heavy atom. The van der Waals surface area contributed by atoms with Gasteiger partial charge in [0.25, 0.3) is 0 Å². The minimum atomic E-state index is 0.149. The summed E-state index contributed by atoms with van der Waals surface area (Å²) < 4.78 is 5.56. The summed E-state index contributed by atoms with van der Waals surface area (Å²) in [5.74, 6) is 1.37. The highest BCUT2D eigenvalue weighted by Crippen LogP contribution is 2.23. The Bertz CT molecular complexity index is 841.